The van der Waals surface area contributed by atoms with Crippen LogP contribution in [0, 0.1) is 5.92 Å². The number of halogens is 1. The van der Waals surface area contributed by atoms with Gasteiger partial charge >= 0.3 is 5.97 Å². The molecule has 0 rings (SSSR count). The van der Waals surface area contributed by atoms with E-state index in [-0.39, 0.29) is 17.6 Å². The van der Waals surface area contributed by atoms with Crippen molar-refractivity contribution in [3.8, 4) is 0 Å². The van der Waals surface area contributed by atoms with Gasteiger partial charge in [-0.05, 0) is 5.92 Å². The van der Waals surface area contributed by atoms with E-state index in [0.717, 1.165) is 0 Å². The molecule has 3 nitrogen and oxygen atoms in total. The first-order valence-corrected chi connectivity index (χ1v) is 3.17. The van der Waals surface area contributed by atoms with Crippen LogP contribution in [0.2, 0.25) is 0 Å². The molecule has 2 N–H and O–H groups in total. The highest BCUT2D eigenvalue weighted by atomic mass is 35.5. The summed E-state index contributed by atoms with van der Waals surface area (Å²) in [5.41, 5.74) is 0. The second-order valence-electron chi connectivity index (χ2n) is 1.98. The largest absolute Gasteiger partial charge is 0.477 e. The molecular weight excluding hydrogens is 156 g/mol. The van der Waals surface area contributed by atoms with Crippen LogP contribution in [-0.2, 0) is 4.79 Å². The van der Waals surface area contributed by atoms with Crippen LogP contribution in [-0.4, -0.2) is 22.8 Å². The summed E-state index contributed by atoms with van der Waals surface area (Å²) >= 11 is 5.24. The molecule has 58 valence electrons. The average Bonchev–Trinajstić information content (AvgIpc) is 1.87. The summed E-state index contributed by atoms with van der Waals surface area (Å²) in [7, 11) is 0. The number of carbonyl (C=O) groups is 1. The molecule has 0 aromatic carbocycles. The van der Waals surface area contributed by atoms with Gasteiger partial charge in [0.2, 0.25) is 0 Å². The molecule has 0 bridgehead atoms. The fraction of sp³-hybridized carbons (Fsp3) is 0.500. The molecule has 0 saturated carbocycles. The molecule has 0 aromatic heterocycles. The number of hydrogen-bond donors (Lipinski definition) is 2. The smallest absolute Gasteiger partial charge is 0.346 e. The minimum absolute atomic E-state index is 0.0938. The van der Waals surface area contributed by atoms with Gasteiger partial charge in [-0.3, -0.25) is 0 Å². The van der Waals surface area contributed by atoms with Crippen molar-refractivity contribution in [3.05, 3.63) is 11.1 Å². The zero-order chi connectivity index (χ0) is 8.15. The Morgan fingerprint density at radius 3 is 2.60 bits per heavy atom. The highest BCUT2D eigenvalue weighted by molar-refractivity contribution is 6.40. The fourth-order valence-corrected chi connectivity index (χ4v) is 0.589. The summed E-state index contributed by atoms with van der Waals surface area (Å²) in [5, 5.41) is 16.5. The van der Waals surface area contributed by atoms with Gasteiger partial charge in [-0.25, -0.2) is 4.79 Å². The lowest BCUT2D eigenvalue weighted by Crippen LogP contribution is -2.00. The first-order valence-electron chi connectivity index (χ1n) is 2.79. The van der Waals surface area contributed by atoms with E-state index in [0.29, 0.717) is 0 Å². The maximum Gasteiger partial charge on any atom is 0.346 e. The maximum absolute atomic E-state index is 10.1. The highest BCUT2D eigenvalue weighted by Crippen LogP contribution is 2.06. The molecule has 0 aliphatic rings. The van der Waals surface area contributed by atoms with Crippen molar-refractivity contribution in [1.29, 1.82) is 0 Å². The van der Waals surface area contributed by atoms with Crippen LogP contribution >= 0.6 is 11.6 Å². The van der Waals surface area contributed by atoms with Crippen LogP contribution in [0.1, 0.15) is 6.92 Å². The minimum Gasteiger partial charge on any atom is -0.477 e. The topological polar surface area (TPSA) is 57.5 Å². The summed E-state index contributed by atoms with van der Waals surface area (Å²) in [4.78, 5) is 10.1. The van der Waals surface area contributed by atoms with Crippen molar-refractivity contribution in [2.24, 2.45) is 5.92 Å². The van der Waals surface area contributed by atoms with Crippen molar-refractivity contribution >= 4 is 17.6 Å². The normalized spacial score (nSPS) is 14.9. The van der Waals surface area contributed by atoms with Crippen molar-refractivity contribution in [2.45, 2.75) is 6.92 Å². The molecular formula is C6H9ClO3. The maximum atomic E-state index is 10.1. The third-order valence-corrected chi connectivity index (χ3v) is 1.21. The molecule has 0 fully saturated rings. The average molecular weight is 165 g/mol. The Labute approximate surface area is 63.9 Å². The number of aliphatic hydroxyl groups excluding tert-OH is 1. The van der Waals surface area contributed by atoms with E-state index in [2.05, 4.69) is 0 Å². The third-order valence-electron chi connectivity index (χ3n) is 0.923. The van der Waals surface area contributed by atoms with Gasteiger partial charge in [0.25, 0.3) is 0 Å². The number of carboxylic acid groups (broad SMARTS) is 1. The standard InChI is InChI=1S/C6H9ClO3/c1-4(3-8)2-5(7)6(9)10/h2,4,8H,3H2,1H3,(H,9,10). The molecule has 0 aromatic rings. The molecule has 0 aliphatic heterocycles. The van der Waals surface area contributed by atoms with E-state index in [9.17, 15) is 4.79 Å². The predicted octanol–water partition coefficient (Wildman–Crippen LogP) is 0.822. The number of aliphatic hydroxyl groups is 1. The number of hydrogen-bond acceptors (Lipinski definition) is 2. The summed E-state index contributed by atoms with van der Waals surface area (Å²) in [5.74, 6) is -1.37. The van der Waals surface area contributed by atoms with Gasteiger partial charge < -0.3 is 10.2 Å². The van der Waals surface area contributed by atoms with E-state index >= 15 is 0 Å². The van der Waals surface area contributed by atoms with Gasteiger partial charge in [0.1, 0.15) is 5.03 Å². The Kier molecular flexibility index (Phi) is 4.07. The molecule has 0 heterocycles. The second kappa shape index (κ2) is 4.30. The highest BCUT2D eigenvalue weighted by Gasteiger charge is 2.04. The fourth-order valence-electron chi connectivity index (χ4n) is 0.374. The van der Waals surface area contributed by atoms with Crippen LogP contribution in [0.15, 0.2) is 11.1 Å². The Morgan fingerprint density at radius 2 is 2.30 bits per heavy atom. The summed E-state index contributed by atoms with van der Waals surface area (Å²) < 4.78 is 0. The van der Waals surface area contributed by atoms with Crippen LogP contribution in [0.25, 0.3) is 0 Å². The molecule has 4 heteroatoms. The number of carboxylic acids is 1. The zero-order valence-electron chi connectivity index (χ0n) is 5.54. The van der Waals surface area contributed by atoms with Gasteiger partial charge in [0.05, 0.1) is 0 Å². The molecule has 1 atom stereocenters. The Bertz CT molecular complexity index is 153. The molecule has 0 saturated heterocycles. The van der Waals surface area contributed by atoms with Crippen LogP contribution in [0.5, 0.6) is 0 Å². The predicted molar refractivity (Wildman–Crippen MR) is 37.8 cm³/mol. The van der Waals surface area contributed by atoms with Crippen molar-refractivity contribution in [1.82, 2.24) is 0 Å². The van der Waals surface area contributed by atoms with Gasteiger partial charge in [-0.2, -0.15) is 0 Å². The van der Waals surface area contributed by atoms with Gasteiger partial charge in [-0.1, -0.05) is 24.6 Å². The van der Waals surface area contributed by atoms with Gasteiger partial charge in [0, 0.05) is 6.61 Å². The van der Waals surface area contributed by atoms with Crippen LogP contribution < -0.4 is 0 Å². The lowest BCUT2D eigenvalue weighted by Gasteiger charge is -1.98. The van der Waals surface area contributed by atoms with E-state index in [4.69, 9.17) is 21.8 Å². The first-order chi connectivity index (χ1) is 4.57. The van der Waals surface area contributed by atoms with Gasteiger partial charge in [-0.15, -0.1) is 0 Å². The first kappa shape index (κ1) is 9.46. The van der Waals surface area contributed by atoms with Crippen molar-refractivity contribution < 1.29 is 15.0 Å². The van der Waals surface area contributed by atoms with Crippen LogP contribution in [0.4, 0.5) is 0 Å². The minimum atomic E-state index is -1.16. The Hall–Kier alpha value is -0.540. The molecule has 10 heavy (non-hydrogen) atoms. The SMILES string of the molecule is CC(C=C(Cl)C(=O)O)CO. The summed E-state index contributed by atoms with van der Waals surface area (Å²) in [6.45, 7) is 1.58. The lowest BCUT2D eigenvalue weighted by molar-refractivity contribution is -0.131. The van der Waals surface area contributed by atoms with E-state index < -0.39 is 5.97 Å². The van der Waals surface area contributed by atoms with E-state index in [1.165, 1.54) is 6.08 Å². The Balaban J connectivity index is 4.02. The molecule has 0 radical (unpaired) electrons. The molecule has 1 unspecified atom stereocenters. The van der Waals surface area contributed by atoms with Crippen molar-refractivity contribution in [3.63, 3.8) is 0 Å². The third kappa shape index (κ3) is 3.48. The molecule has 0 amide bonds. The monoisotopic (exact) mass is 164 g/mol. The van der Waals surface area contributed by atoms with E-state index in [1.54, 1.807) is 6.92 Å². The van der Waals surface area contributed by atoms with Gasteiger partial charge in [0.15, 0.2) is 0 Å². The second-order valence-corrected chi connectivity index (χ2v) is 2.39. The number of aliphatic carboxylic acids is 1. The molecule has 0 aliphatic carbocycles. The summed E-state index contributed by atoms with van der Waals surface area (Å²) in [6, 6.07) is 0. The molecule has 0 spiro atoms. The van der Waals surface area contributed by atoms with Crippen LogP contribution in [0.3, 0.4) is 0 Å². The quantitative estimate of drug-likeness (QED) is 0.608. The zero-order valence-corrected chi connectivity index (χ0v) is 6.30. The van der Waals surface area contributed by atoms with E-state index in [1.807, 2.05) is 0 Å². The number of rotatable bonds is 3. The van der Waals surface area contributed by atoms with Crippen molar-refractivity contribution in [2.75, 3.05) is 6.61 Å². The Morgan fingerprint density at radius 1 is 1.80 bits per heavy atom. The lowest BCUT2D eigenvalue weighted by atomic mass is 10.2. The summed E-state index contributed by atoms with van der Waals surface area (Å²) in [6.07, 6.45) is 1.30.